The van der Waals surface area contributed by atoms with Crippen LogP contribution in [0.3, 0.4) is 0 Å². The molecule has 0 radical (unpaired) electrons. The monoisotopic (exact) mass is 513 g/mol. The maximum Gasteiger partial charge on any atom is 0.573 e. The Morgan fingerprint density at radius 3 is 2.62 bits per heavy atom. The van der Waals surface area contributed by atoms with E-state index in [1.165, 1.54) is 10.6 Å². The van der Waals surface area contributed by atoms with Gasteiger partial charge in [-0.25, -0.2) is 19.3 Å². The Hall–Kier alpha value is -4.68. The summed E-state index contributed by atoms with van der Waals surface area (Å²) in [5.74, 6) is -1.73. The minimum absolute atomic E-state index is 0.0918. The number of amides is 1. The van der Waals surface area contributed by atoms with E-state index in [4.69, 9.17) is 10.7 Å². The van der Waals surface area contributed by atoms with Crippen LogP contribution >= 0.6 is 0 Å². The molecule has 1 aromatic carbocycles. The quantitative estimate of drug-likeness (QED) is 0.319. The van der Waals surface area contributed by atoms with Crippen molar-refractivity contribution in [1.82, 2.24) is 23.8 Å². The molecule has 0 atom stereocenters. The van der Waals surface area contributed by atoms with Crippen molar-refractivity contribution in [2.75, 3.05) is 11.1 Å². The molecule has 0 unspecified atom stereocenters. The van der Waals surface area contributed by atoms with Gasteiger partial charge in [-0.3, -0.25) is 13.6 Å². The number of nitrogen functional groups attached to an aromatic ring is 1. The van der Waals surface area contributed by atoms with Crippen LogP contribution in [-0.2, 0) is 0 Å². The second-order valence-electron chi connectivity index (χ2n) is 8.44. The first-order valence-electron chi connectivity index (χ1n) is 11.0. The minimum Gasteiger partial charge on any atom is -0.403 e. The maximum atomic E-state index is 13.7. The number of carbonyl (C=O) groups is 1. The molecule has 13 heteroatoms. The second-order valence-corrected chi connectivity index (χ2v) is 8.44. The first-order valence-corrected chi connectivity index (χ1v) is 11.0. The van der Waals surface area contributed by atoms with Gasteiger partial charge in [0.15, 0.2) is 11.6 Å². The lowest BCUT2D eigenvalue weighted by Gasteiger charge is -2.11. The summed E-state index contributed by atoms with van der Waals surface area (Å²) in [5.41, 5.74) is 8.52. The normalized spacial score (nSPS) is 12.0. The summed E-state index contributed by atoms with van der Waals surface area (Å²) in [6.45, 7) is 4.02. The molecule has 0 aliphatic heterocycles. The molecule has 9 nitrogen and oxygen atoms in total. The van der Waals surface area contributed by atoms with Gasteiger partial charge in [0.2, 0.25) is 0 Å². The predicted molar refractivity (Wildman–Crippen MR) is 127 cm³/mol. The topological polar surface area (TPSA) is 112 Å². The second kappa shape index (κ2) is 8.76. The maximum absolute atomic E-state index is 13.7. The molecule has 3 N–H and O–H groups in total. The zero-order valence-electron chi connectivity index (χ0n) is 19.4. The molecule has 0 aliphatic carbocycles. The summed E-state index contributed by atoms with van der Waals surface area (Å²) in [6, 6.07) is 6.09. The summed E-state index contributed by atoms with van der Waals surface area (Å²) < 4.78 is 58.3. The molecule has 190 valence electrons. The van der Waals surface area contributed by atoms with Gasteiger partial charge < -0.3 is 15.8 Å². The molecule has 5 aromatic rings. The Balaban J connectivity index is 1.47. The summed E-state index contributed by atoms with van der Waals surface area (Å²) in [6.07, 6.45) is 1.23. The fourth-order valence-corrected chi connectivity index (χ4v) is 3.97. The van der Waals surface area contributed by atoms with E-state index in [1.807, 2.05) is 18.2 Å². The van der Waals surface area contributed by atoms with E-state index in [0.717, 1.165) is 24.0 Å². The average molecular weight is 513 g/mol. The Morgan fingerprint density at radius 2 is 1.89 bits per heavy atom. The first kappa shape index (κ1) is 24.0. The molecular formula is C24H19F4N7O2. The number of rotatable bonds is 5. The number of nitrogens with two attached hydrogens (primary N) is 1. The Kier molecular flexibility index (Phi) is 5.69. The zero-order valence-corrected chi connectivity index (χ0v) is 19.4. The summed E-state index contributed by atoms with van der Waals surface area (Å²) in [5, 5.41) is 2.43. The van der Waals surface area contributed by atoms with E-state index in [-0.39, 0.29) is 17.3 Å². The van der Waals surface area contributed by atoms with Crippen molar-refractivity contribution in [1.29, 1.82) is 0 Å². The predicted octanol–water partition coefficient (Wildman–Crippen LogP) is 5.04. The molecular weight excluding hydrogens is 494 g/mol. The van der Waals surface area contributed by atoms with E-state index >= 15 is 0 Å². The molecule has 0 aliphatic rings. The van der Waals surface area contributed by atoms with Gasteiger partial charge in [-0.1, -0.05) is 13.8 Å². The van der Waals surface area contributed by atoms with Crippen LogP contribution in [-0.4, -0.2) is 36.0 Å². The average Bonchev–Trinajstić information content (AvgIpc) is 3.42. The van der Waals surface area contributed by atoms with Crippen LogP contribution in [0.5, 0.6) is 5.75 Å². The number of nitrogens with zero attached hydrogens (tertiary/aromatic N) is 5. The molecule has 0 spiro atoms. The lowest BCUT2D eigenvalue weighted by Crippen LogP contribution is -2.18. The SMILES string of the molecule is CC(C)c1nc(-c2ccn3c(C(=O)Nc4ccc(F)c(OC(F)(F)F)c4)cnc3c2)c2c(N)nccn12. The van der Waals surface area contributed by atoms with Crippen LogP contribution in [0.1, 0.15) is 36.1 Å². The van der Waals surface area contributed by atoms with Crippen molar-refractivity contribution < 1.29 is 27.1 Å². The van der Waals surface area contributed by atoms with Gasteiger partial charge >= 0.3 is 6.36 Å². The van der Waals surface area contributed by atoms with E-state index in [2.05, 4.69) is 20.0 Å². The third-order valence-electron chi connectivity index (χ3n) is 5.56. The van der Waals surface area contributed by atoms with Crippen LogP contribution in [0, 0.1) is 5.82 Å². The highest BCUT2D eigenvalue weighted by atomic mass is 19.4. The summed E-state index contributed by atoms with van der Waals surface area (Å²) >= 11 is 0. The highest BCUT2D eigenvalue weighted by Gasteiger charge is 2.32. The molecule has 0 bridgehead atoms. The molecule has 0 saturated heterocycles. The third-order valence-corrected chi connectivity index (χ3v) is 5.56. The van der Waals surface area contributed by atoms with E-state index in [1.54, 1.807) is 30.7 Å². The van der Waals surface area contributed by atoms with Crippen LogP contribution in [0.15, 0.2) is 55.1 Å². The molecule has 0 saturated carbocycles. The number of ether oxygens (including phenoxy) is 1. The van der Waals surface area contributed by atoms with Gasteiger partial charge in [0, 0.05) is 41.8 Å². The summed E-state index contributed by atoms with van der Waals surface area (Å²) in [7, 11) is 0. The number of carbonyl (C=O) groups excluding carboxylic acids is 1. The van der Waals surface area contributed by atoms with E-state index in [9.17, 15) is 22.4 Å². The van der Waals surface area contributed by atoms with Crippen molar-refractivity contribution >= 4 is 28.6 Å². The van der Waals surface area contributed by atoms with Crippen molar-refractivity contribution in [3.8, 4) is 17.0 Å². The molecule has 4 heterocycles. The molecule has 0 fully saturated rings. The number of halogens is 4. The van der Waals surface area contributed by atoms with E-state index < -0.39 is 23.8 Å². The summed E-state index contributed by atoms with van der Waals surface area (Å²) in [4.78, 5) is 26.1. The lowest BCUT2D eigenvalue weighted by molar-refractivity contribution is -0.275. The van der Waals surface area contributed by atoms with Crippen molar-refractivity contribution in [2.24, 2.45) is 0 Å². The smallest absolute Gasteiger partial charge is 0.403 e. The van der Waals surface area contributed by atoms with Crippen LogP contribution in [0.2, 0.25) is 0 Å². The van der Waals surface area contributed by atoms with Crippen molar-refractivity contribution in [3.05, 3.63) is 72.5 Å². The fraction of sp³-hybridized carbons (Fsp3) is 0.167. The fourth-order valence-electron chi connectivity index (χ4n) is 3.97. The van der Waals surface area contributed by atoms with Gasteiger partial charge in [0.05, 0.1) is 6.20 Å². The Morgan fingerprint density at radius 1 is 1.11 bits per heavy atom. The lowest BCUT2D eigenvalue weighted by atomic mass is 10.1. The van der Waals surface area contributed by atoms with Crippen LogP contribution in [0.25, 0.3) is 22.4 Å². The number of hydrogen-bond acceptors (Lipinski definition) is 6. The van der Waals surface area contributed by atoms with Crippen molar-refractivity contribution in [3.63, 3.8) is 0 Å². The van der Waals surface area contributed by atoms with Crippen molar-refractivity contribution in [2.45, 2.75) is 26.1 Å². The van der Waals surface area contributed by atoms with Gasteiger partial charge in [0.25, 0.3) is 5.91 Å². The number of alkyl halides is 3. The largest absolute Gasteiger partial charge is 0.573 e. The zero-order chi connectivity index (χ0) is 26.5. The molecule has 1 amide bonds. The number of hydrogen-bond donors (Lipinski definition) is 2. The van der Waals surface area contributed by atoms with Gasteiger partial charge in [-0.15, -0.1) is 13.2 Å². The molecule has 4 aromatic heterocycles. The molecule has 37 heavy (non-hydrogen) atoms. The number of benzene rings is 1. The van der Waals surface area contributed by atoms with Gasteiger partial charge in [-0.2, -0.15) is 0 Å². The molecule has 5 rings (SSSR count). The standard InChI is InChI=1S/C24H19F4N7O2/c1-12(2)22-33-19(20-21(29)30-6-8-35(20)22)13-5-7-34-16(11-31-18(34)9-13)23(36)32-14-3-4-15(25)17(10-14)37-24(26,27)28/h3-12H,1-2H3,(H2,29,30)(H,32,36). The number of fused-ring (bicyclic) bond motifs is 2. The van der Waals surface area contributed by atoms with Crippen LogP contribution < -0.4 is 15.8 Å². The van der Waals surface area contributed by atoms with Crippen LogP contribution in [0.4, 0.5) is 29.1 Å². The highest BCUT2D eigenvalue weighted by Crippen LogP contribution is 2.32. The van der Waals surface area contributed by atoms with Gasteiger partial charge in [-0.05, 0) is 24.3 Å². The number of aromatic nitrogens is 5. The van der Waals surface area contributed by atoms with Gasteiger partial charge in [0.1, 0.15) is 34.2 Å². The highest BCUT2D eigenvalue weighted by molar-refractivity contribution is 6.03. The Labute approximate surface area is 206 Å². The third kappa shape index (κ3) is 4.50. The Bertz CT molecular complexity index is 1660. The van der Waals surface area contributed by atoms with E-state index in [0.29, 0.717) is 28.2 Å². The number of pyridine rings is 1. The first-order chi connectivity index (χ1) is 17.5. The number of anilines is 2. The minimum atomic E-state index is -5.08. The number of imidazole rings is 2. The number of nitrogens with one attached hydrogen (secondary N) is 1.